The highest BCUT2D eigenvalue weighted by molar-refractivity contribution is 5.96. The maximum atomic E-state index is 15.2. The summed E-state index contributed by atoms with van der Waals surface area (Å²) in [7, 11) is 4.96. The van der Waals surface area contributed by atoms with Gasteiger partial charge in [0, 0.05) is 121 Å². The number of anilines is 1. The fourth-order valence-electron chi connectivity index (χ4n) is 13.7. The topological polar surface area (TPSA) is 181 Å². The monoisotopic (exact) mass is 1170 g/mol. The van der Waals surface area contributed by atoms with Gasteiger partial charge in [0.15, 0.2) is 0 Å². The van der Waals surface area contributed by atoms with Crippen LogP contribution in [0.15, 0.2) is 36.5 Å². The van der Waals surface area contributed by atoms with Gasteiger partial charge >= 0.3 is 12.1 Å². The van der Waals surface area contributed by atoms with Gasteiger partial charge in [0.05, 0.1) is 68.3 Å². The molecule has 4 amide bonds. The van der Waals surface area contributed by atoms with Crippen LogP contribution in [0.25, 0.3) is 27.7 Å². The molecule has 3 aromatic rings. The van der Waals surface area contributed by atoms with Crippen LogP contribution in [-0.2, 0) is 51.1 Å². The van der Waals surface area contributed by atoms with E-state index in [1.807, 2.05) is 63.9 Å². The number of hydrazine groups is 1. The Morgan fingerprint density at radius 3 is 2.43 bits per heavy atom. The number of alkyl halides is 3. The van der Waals surface area contributed by atoms with Crippen molar-refractivity contribution >= 4 is 51.8 Å². The van der Waals surface area contributed by atoms with Crippen molar-refractivity contribution in [1.82, 2.24) is 54.7 Å². The van der Waals surface area contributed by atoms with E-state index >= 15 is 22.8 Å². The van der Waals surface area contributed by atoms with E-state index in [0.717, 1.165) is 43.0 Å². The molecule has 11 rings (SSSR count). The van der Waals surface area contributed by atoms with Crippen LogP contribution in [0, 0.1) is 11.3 Å². The number of nitrogens with zero attached hydrogens (tertiary/aromatic N) is 10. The Balaban J connectivity index is 0.902. The number of hydrogen-bond acceptors (Lipinski definition) is 15. The number of likely N-dealkylation sites (N-methyl/N-ethyl adjacent to an activating group) is 1. The normalized spacial score (nSPS) is 26.7. The molecular weight excluding hydrogens is 1090 g/mol. The average Bonchev–Trinajstić information content (AvgIpc) is 2.31. The molecule has 1 aliphatic carbocycles. The Labute approximate surface area is 490 Å². The number of piperazine rings is 1. The fourth-order valence-corrected chi connectivity index (χ4v) is 13.7. The van der Waals surface area contributed by atoms with Crippen molar-refractivity contribution in [3.05, 3.63) is 53.4 Å². The fraction of sp³-hybridized carbons (Fsp3) is 0.672. The van der Waals surface area contributed by atoms with Crippen molar-refractivity contribution in [3.8, 4) is 11.3 Å². The minimum absolute atomic E-state index is 0.0366. The molecule has 1 aromatic carbocycles. The number of fused-ring (bicyclic) bond motifs is 6. The van der Waals surface area contributed by atoms with Gasteiger partial charge in [-0.1, -0.05) is 39.8 Å². The van der Waals surface area contributed by atoms with Crippen molar-refractivity contribution < 1.29 is 51.4 Å². The van der Waals surface area contributed by atoms with Crippen molar-refractivity contribution in [2.75, 3.05) is 131 Å². The molecule has 1 saturated carbocycles. The first-order valence-corrected chi connectivity index (χ1v) is 30.3. The number of hydrogen-bond donors (Lipinski definition) is 2. The third-order valence-electron chi connectivity index (χ3n) is 18.5. The molecule has 9 heterocycles. The molecule has 3 unspecified atom stereocenters. The molecule has 1 spiro atoms. The Morgan fingerprint density at radius 1 is 0.964 bits per heavy atom. The third kappa shape index (κ3) is 12.9. The van der Waals surface area contributed by atoms with Gasteiger partial charge in [-0.15, -0.1) is 0 Å². The number of esters is 1. The highest BCUT2D eigenvalue weighted by atomic mass is 19.4. The second kappa shape index (κ2) is 23.9. The second-order valence-electron chi connectivity index (χ2n) is 26.2. The highest BCUT2D eigenvalue weighted by Gasteiger charge is 2.55. The van der Waals surface area contributed by atoms with Gasteiger partial charge in [0.1, 0.15) is 30.3 Å². The molecule has 23 heteroatoms. The molecular formula is C61H85F3N12O8. The number of pyridine rings is 1. The number of likely N-dealkylation sites (tertiary alicyclic amines) is 1. The number of cyclic esters (lactones) is 1. The molecule has 458 valence electrons. The van der Waals surface area contributed by atoms with E-state index in [1.54, 1.807) is 32.2 Å². The summed E-state index contributed by atoms with van der Waals surface area (Å²) in [5, 5.41) is 5.30. The number of nitrogens with one attached hydrogen (secondary N) is 2. The molecule has 6 bridgehead atoms. The van der Waals surface area contributed by atoms with Crippen molar-refractivity contribution in [3.63, 3.8) is 0 Å². The molecule has 84 heavy (non-hydrogen) atoms. The lowest BCUT2D eigenvalue weighted by atomic mass is 9.84. The Hall–Kier alpha value is -5.69. The Morgan fingerprint density at radius 2 is 1.73 bits per heavy atom. The van der Waals surface area contributed by atoms with E-state index in [1.165, 1.54) is 27.3 Å². The number of amides is 4. The Kier molecular flexibility index (Phi) is 17.1. The van der Waals surface area contributed by atoms with Crippen LogP contribution in [0.3, 0.4) is 0 Å². The summed E-state index contributed by atoms with van der Waals surface area (Å²) < 4.78 is 65.5. The van der Waals surface area contributed by atoms with Gasteiger partial charge < -0.3 is 38.8 Å². The largest absolute Gasteiger partial charge is 0.464 e. The Bertz CT molecular complexity index is 3020. The first-order chi connectivity index (χ1) is 40.0. The summed E-state index contributed by atoms with van der Waals surface area (Å²) in [5.74, 6) is -1.56. The average molecular weight is 1170 g/mol. The number of methoxy groups -OCH3 is 1. The SMILES string of the molecule is CO[C@@H](C)c1ncc(N2CCN(C3CC3)CC2)cc1-c1c2c3cc(ccc3n1CC(F)(F)F)C1=CCCN(C1)CC(NC(=O)[C@H](C(C)C)N1CCOC3(CN(C(=O)[C@H]4CN4CC(=O)N(C)C)C3)C1)C(=O)N1CCC[C@H](N1)C(=O)OCC(C)(C)C2. The van der Waals surface area contributed by atoms with Gasteiger partial charge in [-0.05, 0) is 86.3 Å². The molecule has 2 aromatic heterocycles. The van der Waals surface area contributed by atoms with Crippen LogP contribution in [-0.4, -0.2) is 242 Å². The summed E-state index contributed by atoms with van der Waals surface area (Å²) in [6, 6.07) is 5.36. The van der Waals surface area contributed by atoms with Crippen LogP contribution in [0.1, 0.15) is 89.6 Å². The van der Waals surface area contributed by atoms with Crippen LogP contribution >= 0.6 is 0 Å². The summed E-state index contributed by atoms with van der Waals surface area (Å²) in [5.41, 5.74) is 6.83. The molecule has 5 saturated heterocycles. The van der Waals surface area contributed by atoms with Crippen LogP contribution in [0.5, 0.6) is 0 Å². The zero-order valence-corrected chi connectivity index (χ0v) is 50.1. The summed E-state index contributed by atoms with van der Waals surface area (Å²) in [4.78, 5) is 89.3. The first-order valence-electron chi connectivity index (χ1n) is 30.3. The number of carbonyl (C=O) groups is 5. The van der Waals surface area contributed by atoms with E-state index in [4.69, 9.17) is 19.2 Å². The zero-order chi connectivity index (χ0) is 59.6. The zero-order valence-electron chi connectivity index (χ0n) is 50.1. The molecule has 7 aliphatic heterocycles. The molecule has 6 fully saturated rings. The highest BCUT2D eigenvalue weighted by Crippen LogP contribution is 2.44. The molecule has 2 N–H and O–H groups in total. The minimum Gasteiger partial charge on any atom is -0.464 e. The van der Waals surface area contributed by atoms with Gasteiger partial charge in [-0.25, -0.2) is 5.43 Å². The van der Waals surface area contributed by atoms with E-state index < -0.39 is 53.9 Å². The summed E-state index contributed by atoms with van der Waals surface area (Å²) in [6.45, 7) is 15.7. The predicted molar refractivity (Wildman–Crippen MR) is 310 cm³/mol. The number of halogens is 3. The van der Waals surface area contributed by atoms with Crippen molar-refractivity contribution in [2.45, 2.75) is 128 Å². The van der Waals surface area contributed by atoms with E-state index in [0.29, 0.717) is 118 Å². The first kappa shape index (κ1) is 60.0. The minimum atomic E-state index is -4.60. The van der Waals surface area contributed by atoms with Crippen LogP contribution in [0.2, 0.25) is 0 Å². The smallest absolute Gasteiger partial charge is 0.406 e. The molecule has 7 atom stereocenters. The second-order valence-corrected chi connectivity index (χ2v) is 26.2. The van der Waals surface area contributed by atoms with Crippen LogP contribution in [0.4, 0.5) is 18.9 Å². The number of benzene rings is 1. The lowest BCUT2D eigenvalue weighted by Gasteiger charge is -2.55. The lowest BCUT2D eigenvalue weighted by Crippen LogP contribution is -2.73. The summed E-state index contributed by atoms with van der Waals surface area (Å²) >= 11 is 0. The molecule has 20 nitrogen and oxygen atoms in total. The molecule has 0 radical (unpaired) electrons. The van der Waals surface area contributed by atoms with Crippen LogP contribution < -0.4 is 15.6 Å². The van der Waals surface area contributed by atoms with Gasteiger partial charge in [0.2, 0.25) is 17.7 Å². The van der Waals surface area contributed by atoms with Gasteiger partial charge in [-0.2, -0.15) is 13.2 Å². The van der Waals surface area contributed by atoms with E-state index in [-0.39, 0.29) is 61.7 Å². The number of aromatic nitrogens is 2. The number of carbonyl (C=O) groups excluding carboxylic acids is 5. The van der Waals surface area contributed by atoms with Crippen molar-refractivity contribution in [1.29, 1.82) is 0 Å². The number of morpholine rings is 1. The van der Waals surface area contributed by atoms with Crippen molar-refractivity contribution in [2.24, 2.45) is 11.3 Å². The number of ether oxygens (including phenoxy) is 3. The summed E-state index contributed by atoms with van der Waals surface area (Å²) in [6.07, 6.45) is 2.95. The number of rotatable bonds is 13. The van der Waals surface area contributed by atoms with Gasteiger partial charge in [0.25, 0.3) is 5.91 Å². The van der Waals surface area contributed by atoms with Gasteiger partial charge in [-0.3, -0.25) is 53.6 Å². The van der Waals surface area contributed by atoms with E-state index in [9.17, 15) is 14.4 Å². The lowest BCUT2D eigenvalue weighted by molar-refractivity contribution is -0.197. The maximum Gasteiger partial charge on any atom is 0.406 e. The quantitative estimate of drug-likeness (QED) is 0.184. The predicted octanol–water partition coefficient (Wildman–Crippen LogP) is 4.16. The van der Waals surface area contributed by atoms with E-state index in [2.05, 4.69) is 36.4 Å². The molecule has 8 aliphatic rings. The maximum absolute atomic E-state index is 15.2. The standard InChI is InChI=1S/C61H85F3N12O8/c1-38(2)53(72-23-24-84-60(33-72)34-74(35-60)57(80)50-31-73(50)32-51(77)68(6)7)55(78)66-48-30-69-17-9-11-41(29-69)40-13-16-49-44(25-40)46(27-59(4,5)37-83-58(81)47-12-10-18-76(67-47)56(48)79)54(75(49)36-61(62,63)64)45-26-43(28-65-52(45)39(3)82-8)71-21-19-70(20-22-71)42-14-15-42/h11,13,16,25-26,28,38-39,42,47-48,50,53,67H,9-10,12,14-15,17-24,27,29-37H2,1-8H3,(H,66,78)/t39-,47-,48?,50+,53-,73?/m0/s1. The third-order valence-corrected chi connectivity index (χ3v) is 18.5.